The summed E-state index contributed by atoms with van der Waals surface area (Å²) < 4.78 is 0. The highest BCUT2D eigenvalue weighted by Gasteiger charge is 2.21. The molecule has 0 spiro atoms. The zero-order valence-electron chi connectivity index (χ0n) is 17.7. The molecule has 160 valence electrons. The number of carbonyl (C=O) groups excluding carboxylic acids is 1. The number of nitrogens with one attached hydrogen (secondary N) is 1. The molecule has 4 rings (SSSR count). The number of hydrogen-bond acceptors (Lipinski definition) is 5. The molecular formula is C24H27N5OS. The predicted molar refractivity (Wildman–Crippen MR) is 126 cm³/mol. The van der Waals surface area contributed by atoms with Gasteiger partial charge in [0.25, 0.3) is 0 Å². The third-order valence-corrected chi connectivity index (χ3v) is 6.09. The van der Waals surface area contributed by atoms with Crippen LogP contribution in [0.3, 0.4) is 0 Å². The van der Waals surface area contributed by atoms with E-state index < -0.39 is 0 Å². The fourth-order valence-electron chi connectivity index (χ4n) is 3.58. The molecule has 1 amide bonds. The molecule has 1 fully saturated rings. The highest BCUT2D eigenvalue weighted by atomic mass is 32.2. The monoisotopic (exact) mass is 433 g/mol. The number of rotatable bonds is 7. The van der Waals surface area contributed by atoms with Crippen LogP contribution in [-0.2, 0) is 11.3 Å². The van der Waals surface area contributed by atoms with Crippen molar-refractivity contribution in [1.82, 2.24) is 25.0 Å². The molecule has 0 bridgehead atoms. The molecule has 1 aliphatic heterocycles. The van der Waals surface area contributed by atoms with Gasteiger partial charge in [-0.15, -0.1) is 5.10 Å². The lowest BCUT2D eigenvalue weighted by atomic mass is 10.1. The van der Waals surface area contributed by atoms with E-state index in [1.165, 1.54) is 22.9 Å². The number of aryl methyl sites for hydroxylation is 1. The number of nitrogens with zero attached hydrogens (tertiary/aromatic N) is 4. The molecule has 2 heterocycles. The van der Waals surface area contributed by atoms with Crippen LogP contribution in [0.25, 0.3) is 12.2 Å². The van der Waals surface area contributed by atoms with Crippen molar-refractivity contribution in [3.05, 3.63) is 77.1 Å². The van der Waals surface area contributed by atoms with Crippen LogP contribution in [0.15, 0.2) is 59.8 Å². The number of aromatic amines is 1. The van der Waals surface area contributed by atoms with Gasteiger partial charge in [-0.2, -0.15) is 0 Å². The first-order valence-corrected chi connectivity index (χ1v) is 11.5. The van der Waals surface area contributed by atoms with E-state index in [2.05, 4.69) is 51.3 Å². The average Bonchev–Trinajstić information content (AvgIpc) is 3.25. The molecule has 1 N–H and O–H groups in total. The SMILES string of the molecule is Cc1cccc(CN2CCN(C(=O)CSc3n[nH]c(/C=C/c4ccccc4)n3)CC2)c1. The van der Waals surface area contributed by atoms with Crippen LogP contribution in [0, 0.1) is 6.92 Å². The quantitative estimate of drug-likeness (QED) is 0.576. The second-order valence-corrected chi connectivity index (χ2v) is 8.62. The number of benzene rings is 2. The molecular weight excluding hydrogens is 406 g/mol. The number of aromatic nitrogens is 3. The smallest absolute Gasteiger partial charge is 0.233 e. The van der Waals surface area contributed by atoms with Gasteiger partial charge in [0.15, 0.2) is 0 Å². The fourth-order valence-corrected chi connectivity index (χ4v) is 4.29. The van der Waals surface area contributed by atoms with Crippen molar-refractivity contribution >= 4 is 29.8 Å². The van der Waals surface area contributed by atoms with E-state index in [4.69, 9.17) is 0 Å². The number of thioether (sulfide) groups is 1. The summed E-state index contributed by atoms with van der Waals surface area (Å²) in [7, 11) is 0. The van der Waals surface area contributed by atoms with Gasteiger partial charge >= 0.3 is 0 Å². The third kappa shape index (κ3) is 6.29. The van der Waals surface area contributed by atoms with Crippen molar-refractivity contribution in [3.63, 3.8) is 0 Å². The fraction of sp³-hybridized carbons (Fsp3) is 0.292. The first-order chi connectivity index (χ1) is 15.2. The van der Waals surface area contributed by atoms with Crippen LogP contribution >= 0.6 is 11.8 Å². The van der Waals surface area contributed by atoms with Crippen LogP contribution in [0.2, 0.25) is 0 Å². The Morgan fingerprint density at radius 1 is 1.06 bits per heavy atom. The maximum Gasteiger partial charge on any atom is 0.233 e. The van der Waals surface area contributed by atoms with Gasteiger partial charge < -0.3 is 4.90 Å². The van der Waals surface area contributed by atoms with Crippen molar-refractivity contribution < 1.29 is 4.79 Å². The van der Waals surface area contributed by atoms with Gasteiger partial charge in [-0.25, -0.2) is 4.98 Å². The summed E-state index contributed by atoms with van der Waals surface area (Å²) in [4.78, 5) is 21.4. The molecule has 1 aromatic heterocycles. The first-order valence-electron chi connectivity index (χ1n) is 10.5. The van der Waals surface area contributed by atoms with Crippen molar-refractivity contribution in [2.24, 2.45) is 0 Å². The van der Waals surface area contributed by atoms with Gasteiger partial charge in [0.05, 0.1) is 5.75 Å². The van der Waals surface area contributed by atoms with Crippen molar-refractivity contribution in [1.29, 1.82) is 0 Å². The molecule has 6 nitrogen and oxygen atoms in total. The number of piperazine rings is 1. The zero-order valence-corrected chi connectivity index (χ0v) is 18.5. The average molecular weight is 434 g/mol. The van der Waals surface area contributed by atoms with Crippen LogP contribution in [-0.4, -0.2) is 62.8 Å². The summed E-state index contributed by atoms with van der Waals surface area (Å²) in [5.74, 6) is 1.19. The summed E-state index contributed by atoms with van der Waals surface area (Å²) in [6, 6.07) is 18.7. The molecule has 1 aliphatic rings. The summed E-state index contributed by atoms with van der Waals surface area (Å²) in [6.07, 6.45) is 3.87. The molecule has 7 heteroatoms. The minimum atomic E-state index is 0.145. The van der Waals surface area contributed by atoms with E-state index >= 15 is 0 Å². The lowest BCUT2D eigenvalue weighted by Crippen LogP contribution is -2.48. The van der Waals surface area contributed by atoms with E-state index in [1.807, 2.05) is 47.4 Å². The Labute approximate surface area is 187 Å². The largest absolute Gasteiger partial charge is 0.339 e. The van der Waals surface area contributed by atoms with Crippen molar-refractivity contribution in [2.75, 3.05) is 31.9 Å². The summed E-state index contributed by atoms with van der Waals surface area (Å²) >= 11 is 1.38. The lowest BCUT2D eigenvalue weighted by molar-refractivity contribution is -0.130. The summed E-state index contributed by atoms with van der Waals surface area (Å²) in [5, 5.41) is 7.72. The molecule has 0 unspecified atom stereocenters. The summed E-state index contributed by atoms with van der Waals surface area (Å²) in [6.45, 7) is 6.40. The normalized spacial score (nSPS) is 14.9. The number of carbonyl (C=O) groups is 1. The molecule has 0 aliphatic carbocycles. The Kier molecular flexibility index (Phi) is 7.17. The maximum atomic E-state index is 12.6. The Hall–Kier alpha value is -2.90. The first kappa shape index (κ1) is 21.3. The van der Waals surface area contributed by atoms with Crippen LogP contribution < -0.4 is 0 Å². The van der Waals surface area contributed by atoms with Gasteiger partial charge in [0, 0.05) is 32.7 Å². The van der Waals surface area contributed by atoms with Crippen molar-refractivity contribution in [3.8, 4) is 0 Å². The second kappa shape index (κ2) is 10.4. The molecule has 0 radical (unpaired) electrons. The van der Waals surface area contributed by atoms with E-state index in [0.717, 1.165) is 38.3 Å². The van der Waals surface area contributed by atoms with Crippen LogP contribution in [0.1, 0.15) is 22.5 Å². The van der Waals surface area contributed by atoms with E-state index in [0.29, 0.717) is 16.7 Å². The van der Waals surface area contributed by atoms with E-state index in [1.54, 1.807) is 0 Å². The topological polar surface area (TPSA) is 65.1 Å². The Morgan fingerprint density at radius 3 is 2.65 bits per heavy atom. The van der Waals surface area contributed by atoms with Gasteiger partial charge in [-0.1, -0.05) is 78.0 Å². The highest BCUT2D eigenvalue weighted by Crippen LogP contribution is 2.16. The van der Waals surface area contributed by atoms with Gasteiger partial charge in [0.2, 0.25) is 11.1 Å². The molecule has 0 saturated carbocycles. The van der Waals surface area contributed by atoms with Gasteiger partial charge in [-0.05, 0) is 24.1 Å². The van der Waals surface area contributed by atoms with E-state index in [-0.39, 0.29) is 5.91 Å². The number of amides is 1. The zero-order chi connectivity index (χ0) is 21.5. The minimum Gasteiger partial charge on any atom is -0.339 e. The second-order valence-electron chi connectivity index (χ2n) is 7.68. The molecule has 1 saturated heterocycles. The van der Waals surface area contributed by atoms with E-state index in [9.17, 15) is 4.79 Å². The maximum absolute atomic E-state index is 12.6. The van der Waals surface area contributed by atoms with Gasteiger partial charge in [0.1, 0.15) is 5.82 Å². The molecule has 3 aromatic rings. The lowest BCUT2D eigenvalue weighted by Gasteiger charge is -2.34. The van der Waals surface area contributed by atoms with Crippen LogP contribution in [0.5, 0.6) is 0 Å². The van der Waals surface area contributed by atoms with Gasteiger partial charge in [-0.3, -0.25) is 14.8 Å². The minimum absolute atomic E-state index is 0.145. The Morgan fingerprint density at radius 2 is 1.87 bits per heavy atom. The summed E-state index contributed by atoms with van der Waals surface area (Å²) in [5.41, 5.74) is 3.72. The molecule has 0 atom stereocenters. The van der Waals surface area contributed by atoms with Crippen LogP contribution in [0.4, 0.5) is 0 Å². The Bertz CT molecular complexity index is 1030. The highest BCUT2D eigenvalue weighted by molar-refractivity contribution is 7.99. The van der Waals surface area contributed by atoms with Crippen molar-refractivity contribution in [2.45, 2.75) is 18.6 Å². The number of hydrogen-bond donors (Lipinski definition) is 1. The Balaban J connectivity index is 1.21. The number of H-pyrrole nitrogens is 1. The molecule has 31 heavy (non-hydrogen) atoms. The molecule has 2 aromatic carbocycles. The third-order valence-electron chi connectivity index (χ3n) is 5.25. The standard InChI is InChI=1S/C24H27N5OS/c1-19-6-5-9-21(16-19)17-28-12-14-29(15-13-28)23(30)18-31-24-25-22(26-27-24)11-10-20-7-3-2-4-8-20/h2-11,16H,12-15,17-18H2,1H3,(H,25,26,27)/b11-10+. The predicted octanol–water partition coefficient (Wildman–Crippen LogP) is 3.72.